The molecule has 0 heterocycles. The van der Waals surface area contributed by atoms with Gasteiger partial charge in [-0.2, -0.15) is 0 Å². The first-order valence-electron chi connectivity index (χ1n) is 14.6. The third-order valence-corrected chi connectivity index (χ3v) is 3.25. The van der Waals surface area contributed by atoms with Crippen molar-refractivity contribution in [2.24, 2.45) is 0 Å². The first kappa shape index (κ1) is 7.58. The Morgan fingerprint density at radius 1 is 1.12 bits per heavy atom. The molecule has 0 amide bonds. The first-order valence-corrected chi connectivity index (χ1v) is 7.59. The Morgan fingerprint density at radius 2 is 1.96 bits per heavy atom. The minimum absolute atomic E-state index is 0.0774. The average molecular weight is 359 g/mol. The van der Waals surface area contributed by atoms with Gasteiger partial charge < -0.3 is 19.3 Å². The second-order valence-corrected chi connectivity index (χ2v) is 5.23. The second-order valence-electron chi connectivity index (χ2n) is 5.23. The zero-order valence-corrected chi connectivity index (χ0v) is 13.7. The van der Waals surface area contributed by atoms with Crippen molar-refractivity contribution in [2.75, 3.05) is 20.7 Å². The van der Waals surface area contributed by atoms with Crippen molar-refractivity contribution in [3.05, 3.63) is 53.4 Å². The molecule has 136 valence electrons. The van der Waals surface area contributed by atoms with Crippen LogP contribution in [0.5, 0.6) is 17.2 Å². The molecule has 0 saturated heterocycles. The molecule has 2 rings (SSSR count). The lowest BCUT2D eigenvalue weighted by atomic mass is 10.0. The van der Waals surface area contributed by atoms with Gasteiger partial charge in [-0.05, 0) is 61.5 Å². The Balaban J connectivity index is 2.16. The maximum atomic E-state index is 10.4. The van der Waals surface area contributed by atoms with E-state index in [1.165, 1.54) is 6.92 Å². The Bertz CT molecular complexity index is 1180. The van der Waals surface area contributed by atoms with Crippen LogP contribution in [0.1, 0.15) is 49.6 Å². The van der Waals surface area contributed by atoms with Crippen molar-refractivity contribution >= 4 is 0 Å². The van der Waals surface area contributed by atoms with Gasteiger partial charge in [-0.3, -0.25) is 0 Å². The quantitative estimate of drug-likeness (QED) is 0.648. The standard InChI is InChI=1S/C21H28O4/c1-16-7-6-10-19(13-16)25-15-18(22)9-5-4-8-17-11-12-20(23-2)21(14-17)24-3/h6-7,10-14,18,22H,4-5,8-9,15H2,1-3H3/i2D3,3D3,6D,7D,10D,11D,12D,13D,14D,18D. The number of benzene rings is 2. The highest BCUT2D eigenvalue weighted by Gasteiger charge is 2.07. The fourth-order valence-corrected chi connectivity index (χ4v) is 2.03. The van der Waals surface area contributed by atoms with Gasteiger partial charge in [0.15, 0.2) is 11.5 Å². The van der Waals surface area contributed by atoms with Crippen LogP contribution in [0.3, 0.4) is 0 Å². The summed E-state index contributed by atoms with van der Waals surface area (Å²) in [5.41, 5.74) is -0.00338. The number of aliphatic hydroxyl groups is 1. The summed E-state index contributed by atoms with van der Waals surface area (Å²) in [6.45, 7) is 0.768. The molecule has 0 aromatic heterocycles. The number of unbranched alkanes of at least 4 members (excludes halogenated alkanes) is 1. The summed E-state index contributed by atoms with van der Waals surface area (Å²) in [7, 11) is -6.20. The molecule has 25 heavy (non-hydrogen) atoms. The lowest BCUT2D eigenvalue weighted by molar-refractivity contribution is 0.0976. The smallest absolute Gasteiger partial charge is 0.160 e. The molecule has 1 N–H and O–H groups in total. The van der Waals surface area contributed by atoms with Crippen LogP contribution in [-0.2, 0) is 6.42 Å². The lowest BCUT2D eigenvalue weighted by Crippen LogP contribution is -2.17. The summed E-state index contributed by atoms with van der Waals surface area (Å²) >= 11 is 0. The van der Waals surface area contributed by atoms with Gasteiger partial charge in [0.1, 0.15) is 12.4 Å². The molecule has 4 heteroatoms. The van der Waals surface area contributed by atoms with Gasteiger partial charge in [-0.15, -0.1) is 0 Å². The van der Waals surface area contributed by atoms with Gasteiger partial charge in [0, 0.05) is 0 Å². The SMILES string of the molecule is [2H]c1c([2H])c(C)c([2H])c(OCC([2H])(O)CCCCc2c([2H])c([2H])c(OC([2H])([2H])[2H])c(OC([2H])([2H])[2H])c2[2H])c1[2H]. The predicted octanol–water partition coefficient (Wildman–Crippen LogP) is 4.16. The van der Waals surface area contributed by atoms with Gasteiger partial charge in [0.2, 0.25) is 0 Å². The van der Waals surface area contributed by atoms with Gasteiger partial charge in [0.05, 0.1) is 39.3 Å². The van der Waals surface area contributed by atoms with Crippen molar-refractivity contribution < 1.29 is 38.5 Å². The topological polar surface area (TPSA) is 47.9 Å². The Kier molecular flexibility index (Phi) is 3.02. The van der Waals surface area contributed by atoms with E-state index in [4.69, 9.17) is 28.7 Å². The molecule has 0 radical (unpaired) electrons. The maximum absolute atomic E-state index is 10.4. The van der Waals surface area contributed by atoms with Gasteiger partial charge in [0.25, 0.3) is 0 Å². The van der Waals surface area contributed by atoms with Crippen LogP contribution >= 0.6 is 0 Å². The maximum Gasteiger partial charge on any atom is 0.160 e. The number of rotatable bonds is 10. The molecule has 0 aliphatic heterocycles. The molecule has 1 atom stereocenters. The van der Waals surface area contributed by atoms with Gasteiger partial charge in [-0.1, -0.05) is 24.5 Å². The Morgan fingerprint density at radius 3 is 2.80 bits per heavy atom. The van der Waals surface area contributed by atoms with Crippen LogP contribution in [0.4, 0.5) is 0 Å². The van der Waals surface area contributed by atoms with E-state index in [0.29, 0.717) is 0 Å². The average Bonchev–Trinajstić information content (AvgIpc) is 2.80. The molecule has 0 saturated carbocycles. The van der Waals surface area contributed by atoms with Crippen molar-refractivity contribution in [2.45, 2.75) is 38.7 Å². The zero-order chi connectivity index (χ0) is 30.1. The molecule has 1 unspecified atom stereocenters. The van der Waals surface area contributed by atoms with Crippen LogP contribution in [-0.4, -0.2) is 31.9 Å². The summed E-state index contributed by atoms with van der Waals surface area (Å²) in [6.07, 6.45) is -2.16. The highest BCUT2D eigenvalue weighted by molar-refractivity contribution is 5.42. The molecular weight excluding hydrogens is 316 g/mol. The normalized spacial score (nSPS) is 22.2. The third kappa shape index (κ3) is 6.31. The summed E-state index contributed by atoms with van der Waals surface area (Å²) in [4.78, 5) is 0. The number of hydrogen-bond acceptors (Lipinski definition) is 4. The van der Waals surface area contributed by atoms with E-state index < -0.39 is 68.5 Å². The predicted molar refractivity (Wildman–Crippen MR) is 99.8 cm³/mol. The van der Waals surface area contributed by atoms with Crippen LogP contribution < -0.4 is 14.2 Å². The molecule has 0 fully saturated rings. The number of ether oxygens (including phenoxy) is 3. The monoisotopic (exact) mass is 358 g/mol. The zero-order valence-electron chi connectivity index (χ0n) is 27.7. The first-order chi connectivity index (χ1) is 17.7. The minimum atomic E-state index is -3.10. The Labute approximate surface area is 170 Å². The molecular formula is C21H28O4. The van der Waals surface area contributed by atoms with E-state index >= 15 is 0 Å². The van der Waals surface area contributed by atoms with Crippen molar-refractivity contribution in [1.82, 2.24) is 0 Å². The second kappa shape index (κ2) is 9.94. The third-order valence-electron chi connectivity index (χ3n) is 3.25. The largest absolute Gasteiger partial charge is 0.493 e. The van der Waals surface area contributed by atoms with E-state index in [1.54, 1.807) is 0 Å². The van der Waals surface area contributed by atoms with Crippen molar-refractivity contribution in [1.29, 1.82) is 0 Å². The van der Waals surface area contributed by atoms with Crippen LogP contribution in [0.25, 0.3) is 0 Å². The van der Waals surface area contributed by atoms with Gasteiger partial charge in [-0.25, -0.2) is 0 Å². The van der Waals surface area contributed by atoms with E-state index in [1.807, 2.05) is 0 Å². The molecule has 0 aliphatic carbocycles. The molecule has 0 bridgehead atoms. The van der Waals surface area contributed by atoms with E-state index in [-0.39, 0.29) is 54.6 Å². The highest BCUT2D eigenvalue weighted by atomic mass is 16.5. The summed E-state index contributed by atoms with van der Waals surface area (Å²) in [5, 5.41) is 10.4. The van der Waals surface area contributed by atoms with E-state index in [0.717, 1.165) is 0 Å². The van der Waals surface area contributed by atoms with Crippen LogP contribution in [0.2, 0.25) is 0 Å². The summed E-state index contributed by atoms with van der Waals surface area (Å²) < 4.78 is 122. The van der Waals surface area contributed by atoms with Gasteiger partial charge >= 0.3 is 0 Å². The minimum Gasteiger partial charge on any atom is -0.493 e. The van der Waals surface area contributed by atoms with Crippen molar-refractivity contribution in [3.8, 4) is 17.2 Å². The Hall–Kier alpha value is -2.20. The summed E-state index contributed by atoms with van der Waals surface area (Å²) in [6, 6.07) is -3.52. The van der Waals surface area contributed by atoms with E-state index in [2.05, 4.69) is 4.74 Å². The summed E-state index contributed by atoms with van der Waals surface area (Å²) in [5.74, 6) is -2.01. The van der Waals surface area contributed by atoms with Crippen LogP contribution in [0.15, 0.2) is 42.3 Å². The van der Waals surface area contributed by atoms with Crippen LogP contribution in [0, 0.1) is 6.92 Å². The molecule has 0 aliphatic rings. The van der Waals surface area contributed by atoms with Crippen molar-refractivity contribution in [3.63, 3.8) is 0 Å². The van der Waals surface area contributed by atoms with E-state index in [9.17, 15) is 5.11 Å². The fourth-order valence-electron chi connectivity index (χ4n) is 2.03. The number of methoxy groups -OCH3 is 2. The highest BCUT2D eigenvalue weighted by Crippen LogP contribution is 2.28. The molecule has 4 nitrogen and oxygen atoms in total. The molecule has 2 aromatic carbocycles. The lowest BCUT2D eigenvalue weighted by Gasteiger charge is -2.13. The number of hydrogen-bond donors (Lipinski definition) is 1. The fraction of sp³-hybridized carbons (Fsp3) is 0.429. The molecule has 2 aromatic rings. The molecule has 0 spiro atoms.